The van der Waals surface area contributed by atoms with E-state index >= 15 is 0 Å². The smallest absolute Gasteiger partial charge is 0.341 e. The normalized spacial score (nSPS) is 11.4. The number of rotatable bonds is 8. The molecule has 1 rings (SSSR count). The molecule has 0 aliphatic carbocycles. The molecule has 0 saturated carbocycles. The van der Waals surface area contributed by atoms with Crippen LogP contribution in [0.2, 0.25) is 0 Å². The van der Waals surface area contributed by atoms with Gasteiger partial charge in [-0.2, -0.15) is 0 Å². The Labute approximate surface area is 135 Å². The van der Waals surface area contributed by atoms with Crippen LogP contribution in [0.15, 0.2) is 18.2 Å². The molecule has 0 spiro atoms. The second kappa shape index (κ2) is 8.77. The summed E-state index contributed by atoms with van der Waals surface area (Å²) in [5, 5.41) is 13.8. The van der Waals surface area contributed by atoms with Crippen molar-refractivity contribution in [3.05, 3.63) is 23.8 Å². The zero-order chi connectivity index (χ0) is 17.4. The van der Waals surface area contributed by atoms with Gasteiger partial charge < -0.3 is 20.5 Å². The van der Waals surface area contributed by atoms with Gasteiger partial charge in [-0.1, -0.05) is 13.8 Å². The highest BCUT2D eigenvalue weighted by atomic mass is 16.5. The van der Waals surface area contributed by atoms with Crippen molar-refractivity contribution in [2.75, 3.05) is 18.5 Å². The Balaban J connectivity index is 2.55. The molecule has 0 heterocycles. The van der Waals surface area contributed by atoms with Gasteiger partial charge in [0.15, 0.2) is 6.61 Å². The first kappa shape index (κ1) is 18.5. The van der Waals surface area contributed by atoms with Crippen molar-refractivity contribution < 1.29 is 24.2 Å². The van der Waals surface area contributed by atoms with Crippen LogP contribution in [0, 0.1) is 12.8 Å². The van der Waals surface area contributed by atoms with E-state index in [9.17, 15) is 14.4 Å². The highest BCUT2D eigenvalue weighted by Crippen LogP contribution is 2.21. The molecule has 0 aromatic heterocycles. The molecule has 3 N–H and O–H groups in total. The van der Waals surface area contributed by atoms with Gasteiger partial charge in [0.05, 0.1) is 6.54 Å². The molecule has 1 atom stereocenters. The summed E-state index contributed by atoms with van der Waals surface area (Å²) in [5.74, 6) is -1.26. The second-order valence-electron chi connectivity index (χ2n) is 5.23. The minimum Gasteiger partial charge on any atom is -0.482 e. The first-order chi connectivity index (χ1) is 10.8. The summed E-state index contributed by atoms with van der Waals surface area (Å²) in [6, 6.07) is 4.83. The number of amides is 2. The number of hydrogen-bond donors (Lipinski definition) is 3. The van der Waals surface area contributed by atoms with Gasteiger partial charge >= 0.3 is 5.97 Å². The fraction of sp³-hybridized carbons (Fsp3) is 0.438. The number of carbonyl (C=O) groups is 3. The third-order valence-electron chi connectivity index (χ3n) is 3.32. The van der Waals surface area contributed by atoms with E-state index in [0.717, 1.165) is 5.56 Å². The van der Waals surface area contributed by atoms with Crippen LogP contribution in [0.5, 0.6) is 5.75 Å². The minimum absolute atomic E-state index is 0.0973. The van der Waals surface area contributed by atoms with Crippen LogP contribution >= 0.6 is 0 Å². The van der Waals surface area contributed by atoms with Gasteiger partial charge in [0.1, 0.15) is 5.75 Å². The Morgan fingerprint density at radius 3 is 2.57 bits per heavy atom. The van der Waals surface area contributed by atoms with Gasteiger partial charge in [0.25, 0.3) is 0 Å². The number of aliphatic carboxylic acids is 1. The van der Waals surface area contributed by atoms with E-state index in [1.807, 2.05) is 6.92 Å². The van der Waals surface area contributed by atoms with E-state index in [1.54, 1.807) is 32.0 Å². The zero-order valence-electron chi connectivity index (χ0n) is 13.5. The molecular formula is C16H22N2O5. The van der Waals surface area contributed by atoms with E-state index < -0.39 is 12.6 Å². The number of benzene rings is 1. The molecule has 7 heteroatoms. The predicted octanol–water partition coefficient (Wildman–Crippen LogP) is 1.56. The van der Waals surface area contributed by atoms with Crippen LogP contribution < -0.4 is 15.4 Å². The highest BCUT2D eigenvalue weighted by Gasteiger charge is 2.12. The number of aryl methyl sites for hydroxylation is 1. The maximum Gasteiger partial charge on any atom is 0.341 e. The average Bonchev–Trinajstić information content (AvgIpc) is 2.52. The maximum atomic E-state index is 11.8. The van der Waals surface area contributed by atoms with Gasteiger partial charge in [0.2, 0.25) is 11.8 Å². The first-order valence-corrected chi connectivity index (χ1v) is 7.36. The Hall–Kier alpha value is -2.57. The number of nitrogens with one attached hydrogen (secondary N) is 2. The van der Waals surface area contributed by atoms with Crippen molar-refractivity contribution in [2.45, 2.75) is 27.2 Å². The van der Waals surface area contributed by atoms with Gasteiger partial charge in [-0.15, -0.1) is 0 Å². The fourth-order valence-electron chi connectivity index (χ4n) is 1.73. The van der Waals surface area contributed by atoms with Crippen molar-refractivity contribution >= 4 is 23.5 Å². The lowest BCUT2D eigenvalue weighted by Crippen LogP contribution is -2.35. The van der Waals surface area contributed by atoms with Crippen LogP contribution in [0.4, 0.5) is 5.69 Å². The van der Waals surface area contributed by atoms with Gasteiger partial charge in [0, 0.05) is 11.6 Å². The Bertz CT molecular complexity index is 586. The fourth-order valence-corrected chi connectivity index (χ4v) is 1.73. The quantitative estimate of drug-likeness (QED) is 0.673. The van der Waals surface area contributed by atoms with Gasteiger partial charge in [-0.05, 0) is 37.1 Å². The largest absolute Gasteiger partial charge is 0.482 e. The number of anilines is 1. The van der Waals surface area contributed by atoms with Crippen molar-refractivity contribution in [2.24, 2.45) is 5.92 Å². The van der Waals surface area contributed by atoms with Crippen molar-refractivity contribution in [1.29, 1.82) is 0 Å². The van der Waals surface area contributed by atoms with E-state index in [4.69, 9.17) is 9.84 Å². The Morgan fingerprint density at radius 1 is 1.30 bits per heavy atom. The van der Waals surface area contributed by atoms with Gasteiger partial charge in [-0.3, -0.25) is 9.59 Å². The van der Waals surface area contributed by atoms with E-state index in [0.29, 0.717) is 17.9 Å². The lowest BCUT2D eigenvalue weighted by atomic mass is 10.1. The van der Waals surface area contributed by atoms with Crippen LogP contribution in [-0.2, 0) is 14.4 Å². The van der Waals surface area contributed by atoms with Crippen LogP contribution in [-0.4, -0.2) is 36.0 Å². The van der Waals surface area contributed by atoms with Crippen molar-refractivity contribution in [3.63, 3.8) is 0 Å². The molecule has 126 valence electrons. The Morgan fingerprint density at radius 2 is 2.00 bits per heavy atom. The predicted molar refractivity (Wildman–Crippen MR) is 85.4 cm³/mol. The van der Waals surface area contributed by atoms with Gasteiger partial charge in [-0.25, -0.2) is 4.79 Å². The summed E-state index contributed by atoms with van der Waals surface area (Å²) in [6.45, 7) is 4.95. The summed E-state index contributed by atoms with van der Waals surface area (Å²) in [7, 11) is 0. The second-order valence-corrected chi connectivity index (χ2v) is 5.23. The number of carboxylic acid groups (broad SMARTS) is 1. The van der Waals surface area contributed by atoms with Crippen LogP contribution in [0.1, 0.15) is 25.8 Å². The van der Waals surface area contributed by atoms with Crippen molar-refractivity contribution in [3.8, 4) is 5.75 Å². The standard InChI is InChI=1S/C16H22N2O5/c1-4-10(2)16(22)17-8-14(19)18-13-6-5-12(7-11(13)3)23-9-15(20)21/h5-7,10H,4,8-9H2,1-3H3,(H,17,22)(H,18,19)(H,20,21). The third kappa shape index (κ3) is 6.37. The summed E-state index contributed by atoms with van der Waals surface area (Å²) >= 11 is 0. The molecule has 7 nitrogen and oxygen atoms in total. The Kier molecular flexibility index (Phi) is 7.05. The molecule has 0 saturated heterocycles. The molecule has 23 heavy (non-hydrogen) atoms. The number of carbonyl (C=O) groups excluding carboxylic acids is 2. The molecule has 1 aromatic rings. The molecule has 1 aromatic carbocycles. The maximum absolute atomic E-state index is 11.8. The number of carboxylic acids is 1. The summed E-state index contributed by atoms with van der Waals surface area (Å²) in [5.41, 5.74) is 1.31. The van der Waals surface area contributed by atoms with E-state index in [-0.39, 0.29) is 24.3 Å². The number of hydrogen-bond acceptors (Lipinski definition) is 4. The van der Waals surface area contributed by atoms with E-state index in [2.05, 4.69) is 10.6 Å². The molecule has 0 fully saturated rings. The van der Waals surface area contributed by atoms with Crippen LogP contribution in [0.25, 0.3) is 0 Å². The summed E-state index contributed by atoms with van der Waals surface area (Å²) in [6.07, 6.45) is 0.713. The lowest BCUT2D eigenvalue weighted by molar-refractivity contribution is -0.139. The lowest BCUT2D eigenvalue weighted by Gasteiger charge is -2.12. The minimum atomic E-state index is -1.06. The van der Waals surface area contributed by atoms with Crippen molar-refractivity contribution in [1.82, 2.24) is 5.32 Å². The SMILES string of the molecule is CCC(C)C(=O)NCC(=O)Nc1ccc(OCC(=O)O)cc1C. The molecule has 0 aliphatic rings. The zero-order valence-corrected chi connectivity index (χ0v) is 13.5. The third-order valence-corrected chi connectivity index (χ3v) is 3.32. The molecule has 2 amide bonds. The van der Waals surface area contributed by atoms with E-state index in [1.165, 1.54) is 0 Å². The molecule has 0 aliphatic heterocycles. The molecule has 1 unspecified atom stereocenters. The summed E-state index contributed by atoms with van der Waals surface area (Å²) < 4.78 is 5.06. The highest BCUT2D eigenvalue weighted by molar-refractivity contribution is 5.95. The topological polar surface area (TPSA) is 105 Å². The molecule has 0 bridgehead atoms. The number of ether oxygens (including phenoxy) is 1. The molecule has 0 radical (unpaired) electrons. The molecular weight excluding hydrogens is 300 g/mol. The average molecular weight is 322 g/mol. The monoisotopic (exact) mass is 322 g/mol. The first-order valence-electron chi connectivity index (χ1n) is 7.36. The van der Waals surface area contributed by atoms with Crippen LogP contribution in [0.3, 0.4) is 0 Å². The summed E-state index contributed by atoms with van der Waals surface area (Å²) in [4.78, 5) is 33.9.